The van der Waals surface area contributed by atoms with Gasteiger partial charge in [0.25, 0.3) is 0 Å². The second-order valence-electron chi connectivity index (χ2n) is 7.20. The van der Waals surface area contributed by atoms with Crippen molar-refractivity contribution in [1.82, 2.24) is 0 Å². The van der Waals surface area contributed by atoms with Crippen LogP contribution >= 0.6 is 0 Å². The smallest absolute Gasteiger partial charge is 0.339 e. The molecule has 0 aliphatic heterocycles. The summed E-state index contributed by atoms with van der Waals surface area (Å²) in [5.74, 6) is -0.768. The molecule has 4 nitrogen and oxygen atoms in total. The molecule has 4 aromatic carbocycles. The van der Waals surface area contributed by atoms with Gasteiger partial charge in [-0.05, 0) is 46.5 Å². The summed E-state index contributed by atoms with van der Waals surface area (Å²) in [6.45, 7) is 4.14. The van der Waals surface area contributed by atoms with Crippen LogP contribution in [0, 0.1) is 0 Å². The molecule has 0 saturated heterocycles. The number of esters is 2. The Morgan fingerprint density at radius 3 is 1.57 bits per heavy atom. The highest BCUT2D eigenvalue weighted by Gasteiger charge is 2.34. The van der Waals surface area contributed by atoms with E-state index in [0.29, 0.717) is 21.9 Å². The van der Waals surface area contributed by atoms with Crippen LogP contribution in [0.3, 0.4) is 0 Å². The third-order valence-electron chi connectivity index (χ3n) is 5.62. The van der Waals surface area contributed by atoms with Crippen molar-refractivity contribution in [2.45, 2.75) is 13.8 Å². The number of hydrogen-bond acceptors (Lipinski definition) is 4. The van der Waals surface area contributed by atoms with Gasteiger partial charge in [-0.25, -0.2) is 9.59 Å². The zero-order chi connectivity index (χ0) is 20.8. The Morgan fingerprint density at radius 1 is 0.667 bits per heavy atom. The van der Waals surface area contributed by atoms with Crippen molar-refractivity contribution in [3.8, 4) is 22.3 Å². The van der Waals surface area contributed by atoms with E-state index in [0.717, 1.165) is 33.0 Å². The Labute approximate surface area is 174 Å². The molecule has 30 heavy (non-hydrogen) atoms. The van der Waals surface area contributed by atoms with E-state index in [1.165, 1.54) is 0 Å². The number of carbonyl (C=O) groups excluding carboxylic acids is 2. The highest BCUT2D eigenvalue weighted by molar-refractivity contribution is 6.28. The van der Waals surface area contributed by atoms with Gasteiger partial charge in [0.15, 0.2) is 0 Å². The quantitative estimate of drug-likeness (QED) is 0.350. The topological polar surface area (TPSA) is 52.6 Å². The van der Waals surface area contributed by atoms with E-state index in [9.17, 15) is 9.59 Å². The van der Waals surface area contributed by atoms with Crippen LogP contribution < -0.4 is 0 Å². The van der Waals surface area contributed by atoms with Gasteiger partial charge >= 0.3 is 11.9 Å². The molecule has 0 amide bonds. The number of carbonyl (C=O) groups is 2. The highest BCUT2D eigenvalue weighted by atomic mass is 16.5. The maximum Gasteiger partial charge on any atom is 0.339 e. The second kappa shape index (κ2) is 6.99. The zero-order valence-corrected chi connectivity index (χ0v) is 16.8. The summed E-state index contributed by atoms with van der Waals surface area (Å²) in [5.41, 5.74) is 4.39. The monoisotopic (exact) mass is 396 g/mol. The van der Waals surface area contributed by atoms with Gasteiger partial charge in [-0.2, -0.15) is 0 Å². The van der Waals surface area contributed by atoms with Crippen molar-refractivity contribution >= 4 is 33.5 Å². The molecule has 4 aromatic rings. The van der Waals surface area contributed by atoms with Crippen LogP contribution in [0.2, 0.25) is 0 Å². The zero-order valence-electron chi connectivity index (χ0n) is 16.8. The van der Waals surface area contributed by atoms with Gasteiger partial charge in [0, 0.05) is 11.1 Å². The maximum absolute atomic E-state index is 13.2. The van der Waals surface area contributed by atoms with Crippen LogP contribution in [-0.2, 0) is 9.47 Å². The Balaban J connectivity index is 2.02. The Kier molecular flexibility index (Phi) is 4.28. The first-order chi connectivity index (χ1) is 14.7. The molecule has 1 aliphatic carbocycles. The molecule has 0 heterocycles. The molecule has 1 aliphatic rings. The van der Waals surface area contributed by atoms with E-state index in [4.69, 9.17) is 9.47 Å². The number of fused-ring (bicyclic) bond motifs is 4. The minimum absolute atomic E-state index is 0.276. The minimum atomic E-state index is -0.384. The summed E-state index contributed by atoms with van der Waals surface area (Å²) in [6.07, 6.45) is 0. The van der Waals surface area contributed by atoms with Crippen molar-refractivity contribution in [1.29, 1.82) is 0 Å². The van der Waals surface area contributed by atoms with E-state index < -0.39 is 0 Å². The standard InChI is InChI=1S/C26H20O4/c1-3-29-25(27)23-16-11-5-6-12-17(16)24(26(28)30-4-2)22-19-14-8-10-15-9-7-13-18(20(15)19)21(22)23/h5-14H,3-4H2,1-2H3. The summed E-state index contributed by atoms with van der Waals surface area (Å²) < 4.78 is 10.9. The van der Waals surface area contributed by atoms with E-state index in [2.05, 4.69) is 0 Å². The van der Waals surface area contributed by atoms with E-state index in [-0.39, 0.29) is 25.2 Å². The number of ether oxygens (including phenoxy) is 2. The lowest BCUT2D eigenvalue weighted by molar-refractivity contribution is 0.0516. The molecule has 0 saturated carbocycles. The third-order valence-corrected chi connectivity index (χ3v) is 5.62. The molecule has 4 heteroatoms. The van der Waals surface area contributed by atoms with Crippen LogP contribution in [0.1, 0.15) is 34.6 Å². The molecule has 0 N–H and O–H groups in total. The molecule has 0 bridgehead atoms. The SMILES string of the molecule is CCOC(=O)c1c2c(c(C(=O)OCC)c3ccccc13)-c1cccc3cccc-2c13. The van der Waals surface area contributed by atoms with Gasteiger partial charge < -0.3 is 9.47 Å². The lowest BCUT2D eigenvalue weighted by Gasteiger charge is -2.17. The lowest BCUT2D eigenvalue weighted by Crippen LogP contribution is -2.12. The van der Waals surface area contributed by atoms with Crippen molar-refractivity contribution in [3.63, 3.8) is 0 Å². The second-order valence-corrected chi connectivity index (χ2v) is 7.20. The van der Waals surface area contributed by atoms with Crippen molar-refractivity contribution in [3.05, 3.63) is 71.8 Å². The summed E-state index contributed by atoms with van der Waals surface area (Å²) in [7, 11) is 0. The normalized spacial score (nSPS) is 11.5. The van der Waals surface area contributed by atoms with Gasteiger partial charge in [-0.1, -0.05) is 60.7 Å². The van der Waals surface area contributed by atoms with E-state index >= 15 is 0 Å². The number of hydrogen-bond donors (Lipinski definition) is 0. The van der Waals surface area contributed by atoms with Gasteiger partial charge in [-0.3, -0.25) is 0 Å². The fourth-order valence-corrected chi connectivity index (χ4v) is 4.57. The fraction of sp³-hybridized carbons (Fsp3) is 0.154. The van der Waals surface area contributed by atoms with Crippen LogP contribution in [-0.4, -0.2) is 25.2 Å². The van der Waals surface area contributed by atoms with Crippen LogP contribution in [0.25, 0.3) is 43.8 Å². The molecule has 5 rings (SSSR count). The highest BCUT2D eigenvalue weighted by Crippen LogP contribution is 2.52. The van der Waals surface area contributed by atoms with Crippen molar-refractivity contribution in [2.75, 3.05) is 13.2 Å². The summed E-state index contributed by atoms with van der Waals surface area (Å²) >= 11 is 0. The van der Waals surface area contributed by atoms with Crippen LogP contribution in [0.5, 0.6) is 0 Å². The van der Waals surface area contributed by atoms with Crippen LogP contribution in [0.4, 0.5) is 0 Å². The molecular formula is C26H20O4. The molecular weight excluding hydrogens is 376 g/mol. The van der Waals surface area contributed by atoms with E-state index in [1.807, 2.05) is 60.7 Å². The Morgan fingerprint density at radius 2 is 1.13 bits per heavy atom. The Hall–Kier alpha value is -3.66. The van der Waals surface area contributed by atoms with Gasteiger partial charge in [0.2, 0.25) is 0 Å². The molecule has 0 fully saturated rings. The van der Waals surface area contributed by atoms with Crippen LogP contribution in [0.15, 0.2) is 60.7 Å². The minimum Gasteiger partial charge on any atom is -0.462 e. The average molecular weight is 396 g/mol. The lowest BCUT2D eigenvalue weighted by atomic mass is 9.87. The molecule has 0 radical (unpaired) electrons. The first-order valence-electron chi connectivity index (χ1n) is 10.1. The first-order valence-corrected chi connectivity index (χ1v) is 10.1. The molecule has 0 atom stereocenters. The Bertz CT molecular complexity index is 1250. The predicted octanol–water partition coefficient (Wildman–Crippen LogP) is 5.99. The molecule has 148 valence electrons. The molecule has 0 spiro atoms. The maximum atomic E-state index is 13.2. The third kappa shape index (κ3) is 2.47. The van der Waals surface area contributed by atoms with Gasteiger partial charge in [0.05, 0.1) is 24.3 Å². The largest absolute Gasteiger partial charge is 0.462 e. The van der Waals surface area contributed by atoms with Gasteiger partial charge in [-0.15, -0.1) is 0 Å². The number of rotatable bonds is 4. The molecule has 0 aromatic heterocycles. The summed E-state index contributed by atoms with van der Waals surface area (Å²) in [5, 5.41) is 3.50. The van der Waals surface area contributed by atoms with Crippen molar-refractivity contribution < 1.29 is 19.1 Å². The molecule has 0 unspecified atom stereocenters. The first kappa shape index (κ1) is 18.4. The van der Waals surface area contributed by atoms with E-state index in [1.54, 1.807) is 13.8 Å². The average Bonchev–Trinajstić information content (AvgIpc) is 3.08. The van der Waals surface area contributed by atoms with Crippen molar-refractivity contribution in [2.24, 2.45) is 0 Å². The fourth-order valence-electron chi connectivity index (χ4n) is 4.57. The van der Waals surface area contributed by atoms with Gasteiger partial charge in [0.1, 0.15) is 0 Å². The predicted molar refractivity (Wildman–Crippen MR) is 118 cm³/mol. The summed E-state index contributed by atoms with van der Waals surface area (Å²) in [4.78, 5) is 26.3. The summed E-state index contributed by atoms with van der Waals surface area (Å²) in [6, 6.07) is 19.5. The number of benzene rings is 4.